The third kappa shape index (κ3) is 3.10. The van der Waals surface area contributed by atoms with Crippen LogP contribution in [0.2, 0.25) is 0 Å². The minimum absolute atomic E-state index is 0.0424. The van der Waals surface area contributed by atoms with Crippen molar-refractivity contribution in [2.75, 3.05) is 0 Å². The fourth-order valence-electron chi connectivity index (χ4n) is 4.32. The lowest BCUT2D eigenvalue weighted by molar-refractivity contribution is 0.0952. The topological polar surface area (TPSA) is 79.8 Å². The summed E-state index contributed by atoms with van der Waals surface area (Å²) in [4.78, 5) is 28.9. The van der Waals surface area contributed by atoms with E-state index < -0.39 is 0 Å². The number of nitrogens with one attached hydrogen (secondary N) is 2. The highest BCUT2D eigenvalue weighted by Gasteiger charge is 2.22. The number of fused-ring (bicyclic) bond motifs is 2. The predicted molar refractivity (Wildman–Crippen MR) is 113 cm³/mol. The zero-order chi connectivity index (χ0) is 19.8. The van der Waals surface area contributed by atoms with Crippen LogP contribution in [0.4, 0.5) is 0 Å². The fraction of sp³-hybridized carbons (Fsp3) is 0.261. The zero-order valence-electron chi connectivity index (χ0n) is 16.0. The van der Waals surface area contributed by atoms with Crippen molar-refractivity contribution in [3.63, 3.8) is 0 Å². The lowest BCUT2D eigenvalue weighted by Gasteiger charge is -2.16. The first-order valence-electron chi connectivity index (χ1n) is 10.1. The van der Waals surface area contributed by atoms with Gasteiger partial charge in [-0.3, -0.25) is 9.59 Å². The van der Waals surface area contributed by atoms with Crippen LogP contribution in [0.1, 0.15) is 47.8 Å². The normalized spacial score (nSPS) is 14.6. The fourth-order valence-corrected chi connectivity index (χ4v) is 4.32. The van der Waals surface area contributed by atoms with E-state index in [0.29, 0.717) is 10.9 Å². The Morgan fingerprint density at radius 2 is 1.72 bits per heavy atom. The number of amides is 1. The molecule has 0 radical (unpaired) electrons. The summed E-state index contributed by atoms with van der Waals surface area (Å²) in [7, 11) is 0. The van der Waals surface area contributed by atoms with E-state index in [0.717, 1.165) is 47.7 Å². The molecule has 29 heavy (non-hydrogen) atoms. The number of nitrogens with zero attached hydrogens (tertiary/aromatic N) is 2. The highest BCUT2D eigenvalue weighted by Crippen LogP contribution is 2.28. The largest absolute Gasteiger partial charge is 0.360 e. The first-order valence-corrected chi connectivity index (χ1v) is 10.1. The second-order valence-corrected chi connectivity index (χ2v) is 7.61. The Hall–Kier alpha value is -3.41. The van der Waals surface area contributed by atoms with Crippen molar-refractivity contribution < 1.29 is 4.79 Å². The van der Waals surface area contributed by atoms with Crippen LogP contribution in [0.25, 0.3) is 21.7 Å². The lowest BCUT2D eigenvalue weighted by Crippen LogP contribution is -2.30. The number of carbonyl (C=O) groups is 1. The first kappa shape index (κ1) is 17.7. The molecule has 0 unspecified atom stereocenters. The van der Waals surface area contributed by atoms with Gasteiger partial charge in [0.15, 0.2) is 0 Å². The quantitative estimate of drug-likeness (QED) is 0.558. The molecule has 4 aromatic rings. The number of H-pyrrole nitrogens is 1. The molecule has 1 amide bonds. The molecule has 6 heteroatoms. The Labute approximate surface area is 167 Å². The van der Waals surface area contributed by atoms with E-state index in [1.165, 1.54) is 0 Å². The van der Waals surface area contributed by atoms with Gasteiger partial charge in [-0.1, -0.05) is 49.2 Å². The summed E-state index contributed by atoms with van der Waals surface area (Å²) in [5.74, 6) is -0.160. The molecule has 2 N–H and O–H groups in total. The molecular formula is C23H22N4O2. The van der Waals surface area contributed by atoms with Crippen LogP contribution >= 0.6 is 0 Å². The van der Waals surface area contributed by atoms with Crippen molar-refractivity contribution >= 4 is 27.6 Å². The summed E-state index contributed by atoms with van der Waals surface area (Å²) in [6, 6.07) is 15.4. The first-order chi connectivity index (χ1) is 14.2. The molecule has 146 valence electrons. The van der Waals surface area contributed by atoms with E-state index in [2.05, 4.69) is 15.4 Å². The SMILES string of the molecule is O=C(NCc1nn(C2CCCC2)c(=O)c2ccccc12)c1c[nH]c2ccccc12. The maximum absolute atomic E-state index is 12.9. The van der Waals surface area contributed by atoms with E-state index in [9.17, 15) is 9.59 Å². The minimum atomic E-state index is -0.160. The van der Waals surface area contributed by atoms with E-state index in [-0.39, 0.29) is 24.1 Å². The van der Waals surface area contributed by atoms with Crippen LogP contribution in [0.5, 0.6) is 0 Å². The third-order valence-corrected chi connectivity index (χ3v) is 5.83. The number of aromatic amines is 1. The van der Waals surface area contributed by atoms with E-state index in [1.54, 1.807) is 10.9 Å². The number of para-hydroxylation sites is 1. The molecule has 6 nitrogen and oxygen atoms in total. The minimum Gasteiger partial charge on any atom is -0.360 e. The van der Waals surface area contributed by atoms with Gasteiger partial charge in [0.25, 0.3) is 11.5 Å². The number of benzene rings is 2. The van der Waals surface area contributed by atoms with Crippen molar-refractivity contribution in [2.24, 2.45) is 0 Å². The summed E-state index contributed by atoms with van der Waals surface area (Å²) in [6.45, 7) is 0.270. The van der Waals surface area contributed by atoms with Crippen molar-refractivity contribution in [1.29, 1.82) is 0 Å². The van der Waals surface area contributed by atoms with Gasteiger partial charge in [-0.05, 0) is 25.0 Å². The standard InChI is InChI=1S/C23H22N4O2/c28-22(19-13-24-20-12-6-5-10-17(19)20)25-14-21-16-9-3-4-11-18(16)23(29)27(26-21)15-7-1-2-8-15/h3-6,9-13,15,24H,1-2,7-8,14H2,(H,25,28). The Morgan fingerprint density at radius 1 is 1.03 bits per heavy atom. The molecule has 0 saturated heterocycles. The van der Waals surface area contributed by atoms with Crippen LogP contribution in [-0.4, -0.2) is 20.7 Å². The average Bonchev–Trinajstić information content (AvgIpc) is 3.43. The van der Waals surface area contributed by atoms with Gasteiger partial charge in [0.2, 0.25) is 0 Å². The highest BCUT2D eigenvalue weighted by atomic mass is 16.1. The van der Waals surface area contributed by atoms with Crippen molar-refractivity contribution in [3.8, 4) is 0 Å². The van der Waals surface area contributed by atoms with Gasteiger partial charge in [0.1, 0.15) is 0 Å². The molecule has 2 aromatic heterocycles. The Kier molecular flexibility index (Phi) is 4.39. The van der Waals surface area contributed by atoms with Gasteiger partial charge in [0, 0.05) is 22.5 Å². The Bertz CT molecular complexity index is 1260. The van der Waals surface area contributed by atoms with Crippen LogP contribution in [0.3, 0.4) is 0 Å². The number of carbonyl (C=O) groups excluding carboxylic acids is 1. The van der Waals surface area contributed by atoms with Crippen LogP contribution < -0.4 is 10.9 Å². The second-order valence-electron chi connectivity index (χ2n) is 7.61. The smallest absolute Gasteiger partial charge is 0.274 e. The molecule has 1 aliphatic carbocycles. The highest BCUT2D eigenvalue weighted by molar-refractivity contribution is 6.06. The monoisotopic (exact) mass is 386 g/mol. The van der Waals surface area contributed by atoms with Gasteiger partial charge in [0.05, 0.1) is 29.2 Å². The maximum atomic E-state index is 12.9. The molecule has 0 bridgehead atoms. The number of rotatable bonds is 4. The molecule has 1 aliphatic rings. The summed E-state index contributed by atoms with van der Waals surface area (Å²) in [5, 5.41) is 10.0. The summed E-state index contributed by atoms with van der Waals surface area (Å²) < 4.78 is 1.64. The number of hydrogen-bond donors (Lipinski definition) is 2. The number of aromatic nitrogens is 3. The predicted octanol–water partition coefficient (Wildman–Crippen LogP) is 3.92. The Morgan fingerprint density at radius 3 is 2.52 bits per heavy atom. The summed E-state index contributed by atoms with van der Waals surface area (Å²) >= 11 is 0. The van der Waals surface area contributed by atoms with Crippen molar-refractivity contribution in [3.05, 3.63) is 76.3 Å². The molecule has 0 atom stereocenters. The molecule has 0 aliphatic heterocycles. The van der Waals surface area contributed by atoms with Crippen LogP contribution in [-0.2, 0) is 6.54 Å². The molecule has 2 aromatic carbocycles. The van der Waals surface area contributed by atoms with Gasteiger partial charge in [-0.15, -0.1) is 0 Å². The average molecular weight is 386 g/mol. The molecule has 1 fully saturated rings. The van der Waals surface area contributed by atoms with Gasteiger partial charge >= 0.3 is 0 Å². The molecular weight excluding hydrogens is 364 g/mol. The maximum Gasteiger partial charge on any atom is 0.274 e. The second kappa shape index (κ2) is 7.20. The third-order valence-electron chi connectivity index (χ3n) is 5.83. The van der Waals surface area contributed by atoms with Crippen LogP contribution in [0, 0.1) is 0 Å². The summed E-state index contributed by atoms with van der Waals surface area (Å²) in [5.41, 5.74) is 2.21. The van der Waals surface area contributed by atoms with Crippen molar-refractivity contribution in [2.45, 2.75) is 38.3 Å². The van der Waals surface area contributed by atoms with E-state index in [4.69, 9.17) is 0 Å². The zero-order valence-corrected chi connectivity index (χ0v) is 16.0. The Balaban J connectivity index is 1.49. The lowest BCUT2D eigenvalue weighted by atomic mass is 10.1. The summed E-state index contributed by atoms with van der Waals surface area (Å²) in [6.07, 6.45) is 5.93. The van der Waals surface area contributed by atoms with Gasteiger partial charge < -0.3 is 10.3 Å². The van der Waals surface area contributed by atoms with Crippen molar-refractivity contribution in [1.82, 2.24) is 20.1 Å². The molecule has 2 heterocycles. The number of hydrogen-bond acceptors (Lipinski definition) is 3. The van der Waals surface area contributed by atoms with Crippen LogP contribution in [0.15, 0.2) is 59.5 Å². The van der Waals surface area contributed by atoms with Gasteiger partial charge in [-0.25, -0.2) is 4.68 Å². The van der Waals surface area contributed by atoms with E-state index >= 15 is 0 Å². The van der Waals surface area contributed by atoms with E-state index in [1.807, 2.05) is 48.5 Å². The molecule has 5 rings (SSSR count). The molecule has 0 spiro atoms. The molecule has 1 saturated carbocycles. The van der Waals surface area contributed by atoms with Gasteiger partial charge in [-0.2, -0.15) is 5.10 Å².